The van der Waals surface area contributed by atoms with Crippen LogP contribution in [0, 0.1) is 15.0 Å². The second kappa shape index (κ2) is 3.42. The molecular weight excluding hydrogens is 162 g/mol. The van der Waals surface area contributed by atoms with Crippen molar-refractivity contribution in [2.75, 3.05) is 5.43 Å². The van der Waals surface area contributed by atoms with Crippen molar-refractivity contribution in [3.63, 3.8) is 0 Å². The predicted octanol–water partition coefficient (Wildman–Crippen LogP) is 1.69. The van der Waals surface area contributed by atoms with E-state index in [1.807, 2.05) is 0 Å². The van der Waals surface area contributed by atoms with Crippen molar-refractivity contribution in [3.05, 3.63) is 39.3 Å². The number of nitro benzene ring substituents is 1. The molecule has 0 fully saturated rings. The summed E-state index contributed by atoms with van der Waals surface area (Å²) in [5, 5.41) is 12.6. The molecule has 0 bridgehead atoms. The minimum Gasteiger partial charge on any atom is -0.258 e. The summed E-state index contributed by atoms with van der Waals surface area (Å²) in [5.41, 5.74) is 2.29. The third-order valence-corrected chi connectivity index (χ3v) is 1.23. The summed E-state index contributed by atoms with van der Waals surface area (Å²) >= 11 is 0. The molecule has 0 aliphatic rings. The van der Waals surface area contributed by atoms with Crippen LogP contribution in [0.1, 0.15) is 0 Å². The summed E-state index contributed by atoms with van der Waals surface area (Å²) < 4.78 is 0. The molecule has 0 atom stereocenters. The molecule has 1 N–H and O–H groups in total. The molecule has 0 saturated carbocycles. The molecule has 0 amide bonds. The van der Waals surface area contributed by atoms with E-state index in [2.05, 4.69) is 10.7 Å². The number of hydrogen-bond acceptors (Lipinski definition) is 4. The van der Waals surface area contributed by atoms with Crippen LogP contribution in [0.25, 0.3) is 0 Å². The monoisotopic (exact) mass is 167 g/mol. The Labute approximate surface area is 67.3 Å². The zero-order valence-corrected chi connectivity index (χ0v) is 5.93. The van der Waals surface area contributed by atoms with Crippen LogP contribution in [0.3, 0.4) is 0 Å². The number of nitro groups is 1. The molecule has 12 heavy (non-hydrogen) atoms. The first-order valence-corrected chi connectivity index (χ1v) is 3.07. The number of benzene rings is 1. The maximum absolute atomic E-state index is 10.2. The summed E-state index contributed by atoms with van der Waals surface area (Å²) in [6.07, 6.45) is 0. The summed E-state index contributed by atoms with van der Waals surface area (Å²) in [6.45, 7) is 0. The molecule has 0 heterocycles. The molecule has 0 radical (unpaired) electrons. The van der Waals surface area contributed by atoms with Gasteiger partial charge in [-0.2, -0.15) is 0 Å². The van der Waals surface area contributed by atoms with E-state index in [0.29, 0.717) is 5.69 Å². The van der Waals surface area contributed by atoms with E-state index in [-0.39, 0.29) is 5.69 Å². The van der Waals surface area contributed by atoms with E-state index in [0.717, 1.165) is 0 Å². The standard InChI is InChI=1S/C6H5N3O3/c10-8-7-5-2-1-3-6(4-5)9(11)12/h1-4H,(H,7,10). The summed E-state index contributed by atoms with van der Waals surface area (Å²) in [7, 11) is 0. The lowest BCUT2D eigenvalue weighted by Gasteiger charge is -1.95. The van der Waals surface area contributed by atoms with Crippen molar-refractivity contribution in [3.8, 4) is 0 Å². The number of nitroso groups, excluding NO2 is 1. The highest BCUT2D eigenvalue weighted by Gasteiger charge is 2.04. The summed E-state index contributed by atoms with van der Waals surface area (Å²) in [5.74, 6) is 0. The smallest absolute Gasteiger partial charge is 0.258 e. The van der Waals surface area contributed by atoms with Gasteiger partial charge >= 0.3 is 0 Å². The predicted molar refractivity (Wildman–Crippen MR) is 42.5 cm³/mol. The maximum atomic E-state index is 10.2. The average Bonchev–Trinajstić information content (AvgIpc) is 2.05. The molecule has 1 aromatic carbocycles. The maximum Gasteiger partial charge on any atom is 0.271 e. The van der Waals surface area contributed by atoms with Crippen molar-refractivity contribution < 1.29 is 4.92 Å². The Bertz CT molecular complexity index is 313. The number of nitrogens with zero attached hydrogens (tertiary/aromatic N) is 2. The van der Waals surface area contributed by atoms with Gasteiger partial charge in [-0.25, -0.2) is 5.43 Å². The van der Waals surface area contributed by atoms with Crippen LogP contribution < -0.4 is 5.43 Å². The molecule has 0 aliphatic carbocycles. The molecular formula is C6H5N3O3. The second-order valence-corrected chi connectivity index (χ2v) is 2.01. The topological polar surface area (TPSA) is 84.6 Å². The van der Waals surface area contributed by atoms with Gasteiger partial charge in [0.15, 0.2) is 0 Å². The lowest BCUT2D eigenvalue weighted by atomic mass is 10.3. The molecule has 6 nitrogen and oxygen atoms in total. The number of non-ortho nitro benzene ring substituents is 1. The third-order valence-electron chi connectivity index (χ3n) is 1.23. The quantitative estimate of drug-likeness (QED) is 0.421. The second-order valence-electron chi connectivity index (χ2n) is 2.01. The fourth-order valence-corrected chi connectivity index (χ4v) is 0.742. The van der Waals surface area contributed by atoms with Crippen LogP contribution in [-0.4, -0.2) is 4.92 Å². The Morgan fingerprint density at radius 1 is 1.50 bits per heavy atom. The van der Waals surface area contributed by atoms with Gasteiger partial charge < -0.3 is 0 Å². The highest BCUT2D eigenvalue weighted by Crippen LogP contribution is 2.16. The molecule has 6 heteroatoms. The van der Waals surface area contributed by atoms with Gasteiger partial charge in [0.25, 0.3) is 5.69 Å². The van der Waals surface area contributed by atoms with Crippen molar-refractivity contribution >= 4 is 11.4 Å². The fourth-order valence-electron chi connectivity index (χ4n) is 0.742. The van der Waals surface area contributed by atoms with Crippen LogP contribution in [0.4, 0.5) is 11.4 Å². The molecule has 0 saturated heterocycles. The SMILES string of the molecule is O=NNc1cccc([N+](=O)[O-])c1. The fraction of sp³-hybridized carbons (Fsp3) is 0. The van der Waals surface area contributed by atoms with Crippen molar-refractivity contribution in [1.82, 2.24) is 0 Å². The van der Waals surface area contributed by atoms with E-state index < -0.39 is 4.92 Å². The number of anilines is 1. The van der Waals surface area contributed by atoms with Gasteiger partial charge in [0.05, 0.1) is 15.9 Å². The highest BCUT2D eigenvalue weighted by molar-refractivity contribution is 5.50. The Morgan fingerprint density at radius 2 is 2.25 bits per heavy atom. The van der Waals surface area contributed by atoms with Crippen LogP contribution in [0.15, 0.2) is 29.6 Å². The lowest BCUT2D eigenvalue weighted by Crippen LogP contribution is -1.90. The molecule has 0 aromatic heterocycles. The van der Waals surface area contributed by atoms with Gasteiger partial charge in [0.1, 0.15) is 0 Å². The van der Waals surface area contributed by atoms with E-state index in [9.17, 15) is 15.0 Å². The summed E-state index contributed by atoms with van der Waals surface area (Å²) in [6, 6.07) is 5.53. The van der Waals surface area contributed by atoms with Crippen LogP contribution in [-0.2, 0) is 0 Å². The van der Waals surface area contributed by atoms with E-state index >= 15 is 0 Å². The molecule has 0 unspecified atom stereocenters. The Hall–Kier alpha value is -1.98. The van der Waals surface area contributed by atoms with Gasteiger partial charge in [-0.1, -0.05) is 6.07 Å². The highest BCUT2D eigenvalue weighted by atomic mass is 16.6. The number of nitrogens with one attached hydrogen (secondary N) is 1. The van der Waals surface area contributed by atoms with E-state index in [1.165, 1.54) is 24.3 Å². The lowest BCUT2D eigenvalue weighted by molar-refractivity contribution is -0.384. The normalized spacial score (nSPS) is 9.00. The zero-order chi connectivity index (χ0) is 8.97. The third kappa shape index (κ3) is 1.75. The molecule has 1 aromatic rings. The van der Waals surface area contributed by atoms with Crippen molar-refractivity contribution in [1.29, 1.82) is 0 Å². The van der Waals surface area contributed by atoms with Gasteiger partial charge in [0.2, 0.25) is 0 Å². The Kier molecular flexibility index (Phi) is 2.32. The molecule has 0 spiro atoms. The van der Waals surface area contributed by atoms with Crippen LogP contribution >= 0.6 is 0 Å². The van der Waals surface area contributed by atoms with Crippen LogP contribution in [0.2, 0.25) is 0 Å². The van der Waals surface area contributed by atoms with Gasteiger partial charge in [-0.15, -0.1) is 4.91 Å². The Morgan fingerprint density at radius 3 is 2.83 bits per heavy atom. The van der Waals surface area contributed by atoms with Crippen LogP contribution in [0.5, 0.6) is 0 Å². The first kappa shape index (κ1) is 8.12. The first-order valence-electron chi connectivity index (χ1n) is 3.07. The number of rotatable bonds is 3. The number of hydrogen-bond donors (Lipinski definition) is 1. The minimum atomic E-state index is -0.546. The van der Waals surface area contributed by atoms with Gasteiger partial charge in [-0.3, -0.25) is 10.1 Å². The zero-order valence-electron chi connectivity index (χ0n) is 5.93. The molecule has 1 rings (SSSR count). The Balaban J connectivity index is 2.95. The molecule has 62 valence electrons. The van der Waals surface area contributed by atoms with E-state index in [1.54, 1.807) is 0 Å². The largest absolute Gasteiger partial charge is 0.271 e. The summed E-state index contributed by atoms with van der Waals surface area (Å²) in [4.78, 5) is 19.4. The van der Waals surface area contributed by atoms with E-state index in [4.69, 9.17) is 0 Å². The van der Waals surface area contributed by atoms with Gasteiger partial charge in [-0.05, 0) is 6.07 Å². The minimum absolute atomic E-state index is 0.0800. The van der Waals surface area contributed by atoms with Crippen molar-refractivity contribution in [2.45, 2.75) is 0 Å². The van der Waals surface area contributed by atoms with Crippen molar-refractivity contribution in [2.24, 2.45) is 5.29 Å². The first-order chi connectivity index (χ1) is 5.74. The average molecular weight is 167 g/mol. The van der Waals surface area contributed by atoms with Gasteiger partial charge in [0, 0.05) is 12.1 Å². The molecule has 0 aliphatic heterocycles.